The molecule has 0 aliphatic carbocycles. The lowest BCUT2D eigenvalue weighted by Crippen LogP contribution is -2.10. The van der Waals surface area contributed by atoms with Crippen LogP contribution in [0.15, 0.2) is 18.5 Å². The van der Waals surface area contributed by atoms with E-state index in [4.69, 9.17) is 5.11 Å². The van der Waals surface area contributed by atoms with E-state index < -0.39 is 11.7 Å². The fourth-order valence-electron chi connectivity index (χ4n) is 1.17. The van der Waals surface area contributed by atoms with Crippen molar-refractivity contribution < 1.29 is 18.3 Å². The number of aliphatic hydroxyl groups excluding tert-OH is 1. The van der Waals surface area contributed by atoms with Gasteiger partial charge in [-0.2, -0.15) is 13.2 Å². The molecule has 1 rings (SSSR count). The summed E-state index contributed by atoms with van der Waals surface area (Å²) < 4.78 is 37.1. The third kappa shape index (κ3) is 2.70. The monoisotopic (exact) mass is 205 g/mol. The van der Waals surface area contributed by atoms with Gasteiger partial charge >= 0.3 is 6.18 Å². The van der Waals surface area contributed by atoms with Crippen LogP contribution in [0.3, 0.4) is 0 Å². The SMILES string of the molecule is OCCCc1ccncc1C(F)(F)F. The highest BCUT2D eigenvalue weighted by Gasteiger charge is 2.33. The predicted octanol–water partition coefficient (Wildman–Crippen LogP) is 2.03. The summed E-state index contributed by atoms with van der Waals surface area (Å²) in [4.78, 5) is 3.44. The third-order valence-corrected chi connectivity index (χ3v) is 1.82. The molecule has 1 heterocycles. The van der Waals surface area contributed by atoms with Gasteiger partial charge in [0.15, 0.2) is 0 Å². The van der Waals surface area contributed by atoms with Gasteiger partial charge in [0.25, 0.3) is 0 Å². The number of alkyl halides is 3. The minimum atomic E-state index is -4.36. The second kappa shape index (κ2) is 4.41. The summed E-state index contributed by atoms with van der Waals surface area (Å²) in [5.74, 6) is 0. The molecule has 0 amide bonds. The first-order valence-electron chi connectivity index (χ1n) is 4.16. The fourth-order valence-corrected chi connectivity index (χ4v) is 1.17. The smallest absolute Gasteiger partial charge is 0.396 e. The van der Waals surface area contributed by atoms with Crippen LogP contribution in [0.1, 0.15) is 17.5 Å². The quantitative estimate of drug-likeness (QED) is 0.818. The Kier molecular flexibility index (Phi) is 3.46. The second-order valence-electron chi connectivity index (χ2n) is 2.86. The van der Waals surface area contributed by atoms with Crippen LogP contribution in [-0.2, 0) is 12.6 Å². The molecule has 0 fully saturated rings. The average Bonchev–Trinajstić information content (AvgIpc) is 2.14. The molecule has 0 aliphatic heterocycles. The Morgan fingerprint density at radius 1 is 1.36 bits per heavy atom. The average molecular weight is 205 g/mol. The molecule has 0 radical (unpaired) electrons. The zero-order valence-electron chi connectivity index (χ0n) is 7.38. The zero-order valence-corrected chi connectivity index (χ0v) is 7.38. The maximum Gasteiger partial charge on any atom is 0.418 e. The molecule has 0 aromatic carbocycles. The van der Waals surface area contributed by atoms with Gasteiger partial charge in [-0.1, -0.05) is 0 Å². The van der Waals surface area contributed by atoms with Gasteiger partial charge in [-0.15, -0.1) is 0 Å². The van der Waals surface area contributed by atoms with Crippen molar-refractivity contribution in [3.05, 3.63) is 29.6 Å². The lowest BCUT2D eigenvalue weighted by Gasteiger charge is -2.10. The van der Waals surface area contributed by atoms with Gasteiger partial charge in [-0.25, -0.2) is 0 Å². The number of rotatable bonds is 3. The van der Waals surface area contributed by atoms with Crippen molar-refractivity contribution in [1.29, 1.82) is 0 Å². The zero-order chi connectivity index (χ0) is 10.6. The molecule has 1 aromatic rings. The van der Waals surface area contributed by atoms with Crippen LogP contribution in [-0.4, -0.2) is 16.7 Å². The second-order valence-corrected chi connectivity index (χ2v) is 2.86. The van der Waals surface area contributed by atoms with Crippen molar-refractivity contribution in [3.63, 3.8) is 0 Å². The van der Waals surface area contributed by atoms with Crippen LogP contribution in [0, 0.1) is 0 Å². The molecule has 0 saturated heterocycles. The minimum Gasteiger partial charge on any atom is -0.396 e. The molecule has 0 unspecified atom stereocenters. The molecule has 0 spiro atoms. The molecule has 78 valence electrons. The van der Waals surface area contributed by atoms with E-state index in [1.54, 1.807) is 0 Å². The number of halogens is 3. The first kappa shape index (κ1) is 11.0. The van der Waals surface area contributed by atoms with Gasteiger partial charge in [0.2, 0.25) is 0 Å². The van der Waals surface area contributed by atoms with Gasteiger partial charge in [0, 0.05) is 19.0 Å². The Hall–Kier alpha value is -1.10. The van der Waals surface area contributed by atoms with Crippen molar-refractivity contribution in [1.82, 2.24) is 4.98 Å². The Labute approximate surface area is 79.4 Å². The number of aryl methyl sites for hydroxylation is 1. The van der Waals surface area contributed by atoms with E-state index in [2.05, 4.69) is 4.98 Å². The normalized spacial score (nSPS) is 11.7. The van der Waals surface area contributed by atoms with Crippen molar-refractivity contribution in [2.45, 2.75) is 19.0 Å². The molecule has 0 atom stereocenters. The topological polar surface area (TPSA) is 33.1 Å². The Bertz CT molecular complexity index is 298. The highest BCUT2D eigenvalue weighted by atomic mass is 19.4. The predicted molar refractivity (Wildman–Crippen MR) is 44.6 cm³/mol. The van der Waals surface area contributed by atoms with E-state index in [1.807, 2.05) is 0 Å². The Balaban J connectivity index is 2.92. The van der Waals surface area contributed by atoms with Gasteiger partial charge in [-0.05, 0) is 24.5 Å². The molecule has 0 aliphatic rings. The first-order valence-corrected chi connectivity index (χ1v) is 4.16. The van der Waals surface area contributed by atoms with Crippen molar-refractivity contribution in [2.24, 2.45) is 0 Å². The summed E-state index contributed by atoms with van der Waals surface area (Å²) in [5.41, 5.74) is -0.532. The Morgan fingerprint density at radius 2 is 2.07 bits per heavy atom. The van der Waals surface area contributed by atoms with E-state index in [0.29, 0.717) is 6.42 Å². The molecular weight excluding hydrogens is 195 g/mol. The molecule has 1 aromatic heterocycles. The van der Waals surface area contributed by atoms with Crippen LogP contribution in [0.25, 0.3) is 0 Å². The van der Waals surface area contributed by atoms with Crippen LogP contribution in [0.4, 0.5) is 13.2 Å². The van der Waals surface area contributed by atoms with Gasteiger partial charge in [0.05, 0.1) is 5.56 Å². The third-order valence-electron chi connectivity index (χ3n) is 1.82. The first-order chi connectivity index (χ1) is 6.55. The molecule has 0 bridgehead atoms. The van der Waals surface area contributed by atoms with Crippen LogP contribution in [0.5, 0.6) is 0 Å². The number of nitrogens with zero attached hydrogens (tertiary/aromatic N) is 1. The lowest BCUT2D eigenvalue weighted by molar-refractivity contribution is -0.138. The maximum absolute atomic E-state index is 12.4. The molecule has 14 heavy (non-hydrogen) atoms. The van der Waals surface area contributed by atoms with E-state index in [0.717, 1.165) is 6.20 Å². The van der Waals surface area contributed by atoms with E-state index in [9.17, 15) is 13.2 Å². The van der Waals surface area contributed by atoms with Crippen LogP contribution >= 0.6 is 0 Å². The van der Waals surface area contributed by atoms with Gasteiger partial charge < -0.3 is 5.11 Å². The number of pyridine rings is 1. The van der Waals surface area contributed by atoms with Crippen molar-refractivity contribution in [3.8, 4) is 0 Å². The summed E-state index contributed by atoms with van der Waals surface area (Å²) >= 11 is 0. The summed E-state index contributed by atoms with van der Waals surface area (Å²) in [5, 5.41) is 8.52. The summed E-state index contributed by atoms with van der Waals surface area (Å²) in [6.07, 6.45) is -1.69. The minimum absolute atomic E-state index is 0.111. The standard InChI is InChI=1S/C9H10F3NO/c10-9(11,12)8-6-13-4-3-7(8)2-1-5-14/h3-4,6,14H,1-2,5H2. The summed E-state index contributed by atoms with van der Waals surface area (Å²) in [6, 6.07) is 1.33. The summed E-state index contributed by atoms with van der Waals surface area (Å²) in [7, 11) is 0. The van der Waals surface area contributed by atoms with E-state index in [-0.39, 0.29) is 18.6 Å². The van der Waals surface area contributed by atoms with Crippen molar-refractivity contribution >= 4 is 0 Å². The fraction of sp³-hybridized carbons (Fsp3) is 0.444. The summed E-state index contributed by atoms with van der Waals surface area (Å²) in [6.45, 7) is -0.111. The maximum atomic E-state index is 12.4. The highest BCUT2D eigenvalue weighted by molar-refractivity contribution is 5.26. The molecular formula is C9H10F3NO. The number of aromatic nitrogens is 1. The molecule has 5 heteroatoms. The van der Waals surface area contributed by atoms with E-state index in [1.165, 1.54) is 12.3 Å². The molecule has 1 N–H and O–H groups in total. The molecule has 2 nitrogen and oxygen atoms in total. The van der Waals surface area contributed by atoms with Gasteiger partial charge in [0.1, 0.15) is 0 Å². The van der Waals surface area contributed by atoms with E-state index >= 15 is 0 Å². The van der Waals surface area contributed by atoms with Crippen molar-refractivity contribution in [2.75, 3.05) is 6.61 Å². The van der Waals surface area contributed by atoms with Crippen LogP contribution < -0.4 is 0 Å². The molecule has 0 saturated carbocycles. The van der Waals surface area contributed by atoms with Crippen LogP contribution in [0.2, 0.25) is 0 Å². The number of aliphatic hydroxyl groups is 1. The lowest BCUT2D eigenvalue weighted by atomic mass is 10.1. The highest BCUT2D eigenvalue weighted by Crippen LogP contribution is 2.31. The largest absolute Gasteiger partial charge is 0.418 e. The Morgan fingerprint density at radius 3 is 2.64 bits per heavy atom. The number of hydrogen-bond donors (Lipinski definition) is 1. The van der Waals surface area contributed by atoms with Gasteiger partial charge in [-0.3, -0.25) is 4.98 Å². The number of hydrogen-bond acceptors (Lipinski definition) is 2.